The number of carboxylic acids is 1. The van der Waals surface area contributed by atoms with E-state index in [0.717, 1.165) is 0 Å². The molecule has 1 rings (SSSR count). The van der Waals surface area contributed by atoms with E-state index in [0.29, 0.717) is 18.9 Å². The minimum atomic E-state index is -0.941. The number of anilines is 1. The molecule has 0 bridgehead atoms. The molecule has 0 atom stereocenters. The number of rotatable bonds is 7. The van der Waals surface area contributed by atoms with Gasteiger partial charge in [-0.1, -0.05) is 0 Å². The van der Waals surface area contributed by atoms with Crippen LogP contribution in [0.25, 0.3) is 0 Å². The summed E-state index contributed by atoms with van der Waals surface area (Å²) in [5.74, 6) is -0.745. The summed E-state index contributed by atoms with van der Waals surface area (Å²) in [4.78, 5) is 27.6. The highest BCUT2D eigenvalue weighted by molar-refractivity contribution is 5.91. The molecular weight excluding hydrogens is 274 g/mol. The summed E-state index contributed by atoms with van der Waals surface area (Å²) in [6, 6.07) is 3.16. The number of aromatic nitrogens is 2. The number of aliphatic carboxylic acids is 1. The van der Waals surface area contributed by atoms with Crippen molar-refractivity contribution >= 4 is 17.7 Å². The van der Waals surface area contributed by atoms with Gasteiger partial charge in [-0.25, -0.2) is 0 Å². The van der Waals surface area contributed by atoms with E-state index >= 15 is 0 Å². The molecule has 0 aromatic carbocycles. The molecular formula is C13H21N5O3. The summed E-state index contributed by atoms with van der Waals surface area (Å²) >= 11 is 0. The van der Waals surface area contributed by atoms with Gasteiger partial charge in [-0.3, -0.25) is 9.59 Å². The summed E-state index contributed by atoms with van der Waals surface area (Å²) < 4.78 is 0. The van der Waals surface area contributed by atoms with Crippen molar-refractivity contribution in [2.75, 3.05) is 52.7 Å². The molecule has 0 aliphatic heterocycles. The van der Waals surface area contributed by atoms with Gasteiger partial charge in [0.1, 0.15) is 6.54 Å². The van der Waals surface area contributed by atoms with Crippen molar-refractivity contribution in [2.24, 2.45) is 0 Å². The second-order valence-corrected chi connectivity index (χ2v) is 5.09. The maximum absolute atomic E-state index is 11.7. The average molecular weight is 295 g/mol. The van der Waals surface area contributed by atoms with Gasteiger partial charge in [-0.15, -0.1) is 10.2 Å². The van der Waals surface area contributed by atoms with Gasteiger partial charge in [0.25, 0.3) is 5.91 Å². The number of amides is 1. The van der Waals surface area contributed by atoms with Gasteiger partial charge in [0.15, 0.2) is 11.5 Å². The second kappa shape index (κ2) is 7.53. The number of carbonyl (C=O) groups is 2. The number of hydrogen-bond donors (Lipinski definition) is 1. The van der Waals surface area contributed by atoms with Gasteiger partial charge in [-0.2, -0.15) is 0 Å². The molecule has 1 aromatic heterocycles. The number of carbonyl (C=O) groups excluding carboxylic acids is 1. The summed E-state index contributed by atoms with van der Waals surface area (Å²) in [6.07, 6.45) is 0. The molecule has 1 heterocycles. The highest BCUT2D eigenvalue weighted by Gasteiger charge is 2.15. The van der Waals surface area contributed by atoms with Crippen LogP contribution in [0.2, 0.25) is 0 Å². The highest BCUT2D eigenvalue weighted by atomic mass is 16.4. The Bertz CT molecular complexity index is 487. The van der Waals surface area contributed by atoms with Crippen LogP contribution in [0, 0.1) is 0 Å². The largest absolute Gasteiger partial charge is 0.480 e. The normalized spacial score (nSPS) is 10.5. The number of likely N-dealkylation sites (N-methyl/N-ethyl adjacent to an activating group) is 1. The van der Waals surface area contributed by atoms with Gasteiger partial charge < -0.3 is 19.8 Å². The predicted octanol–water partition coefficient (Wildman–Crippen LogP) is -0.369. The molecule has 0 aliphatic rings. The molecule has 0 saturated carbocycles. The van der Waals surface area contributed by atoms with E-state index in [2.05, 4.69) is 10.2 Å². The first-order valence-corrected chi connectivity index (χ1v) is 6.48. The van der Waals surface area contributed by atoms with Crippen LogP contribution in [0.4, 0.5) is 5.82 Å². The second-order valence-electron chi connectivity index (χ2n) is 5.09. The van der Waals surface area contributed by atoms with Crippen molar-refractivity contribution < 1.29 is 14.7 Å². The molecule has 1 N–H and O–H groups in total. The maximum Gasteiger partial charge on any atom is 0.323 e. The van der Waals surface area contributed by atoms with Gasteiger partial charge in [0, 0.05) is 27.2 Å². The van der Waals surface area contributed by atoms with Crippen molar-refractivity contribution in [1.29, 1.82) is 0 Å². The zero-order valence-corrected chi connectivity index (χ0v) is 12.8. The third-order valence-electron chi connectivity index (χ3n) is 2.74. The number of nitrogens with zero attached hydrogens (tertiary/aromatic N) is 5. The van der Waals surface area contributed by atoms with Gasteiger partial charge in [-0.05, 0) is 26.2 Å². The fraction of sp³-hybridized carbons (Fsp3) is 0.538. The fourth-order valence-corrected chi connectivity index (χ4v) is 1.60. The topological polar surface area (TPSA) is 89.9 Å². The minimum Gasteiger partial charge on any atom is -0.480 e. The Morgan fingerprint density at radius 3 is 2.19 bits per heavy atom. The monoisotopic (exact) mass is 295 g/mol. The Labute approximate surface area is 124 Å². The summed E-state index contributed by atoms with van der Waals surface area (Å²) in [7, 11) is 7.07. The van der Waals surface area contributed by atoms with Gasteiger partial charge in [0.2, 0.25) is 0 Å². The zero-order chi connectivity index (χ0) is 16.0. The summed E-state index contributed by atoms with van der Waals surface area (Å²) in [5.41, 5.74) is 0.228. The lowest BCUT2D eigenvalue weighted by Crippen LogP contribution is -2.36. The van der Waals surface area contributed by atoms with E-state index in [-0.39, 0.29) is 18.1 Å². The van der Waals surface area contributed by atoms with Crippen LogP contribution < -0.4 is 4.90 Å². The minimum absolute atomic E-state index is 0.163. The predicted molar refractivity (Wildman–Crippen MR) is 78.5 cm³/mol. The van der Waals surface area contributed by atoms with Crippen LogP contribution in [0.15, 0.2) is 12.1 Å². The maximum atomic E-state index is 11.7. The molecule has 0 fully saturated rings. The molecule has 0 spiro atoms. The first-order valence-electron chi connectivity index (χ1n) is 6.48. The first-order chi connectivity index (χ1) is 9.81. The molecule has 8 nitrogen and oxygen atoms in total. The van der Waals surface area contributed by atoms with E-state index in [1.54, 1.807) is 31.1 Å². The molecule has 1 amide bonds. The fourth-order valence-electron chi connectivity index (χ4n) is 1.60. The highest BCUT2D eigenvalue weighted by Crippen LogP contribution is 2.10. The zero-order valence-electron chi connectivity index (χ0n) is 12.8. The number of carboxylic acid groups (broad SMARTS) is 1. The molecule has 1 aromatic rings. The Balaban J connectivity index is 2.87. The van der Waals surface area contributed by atoms with Crippen LogP contribution in [-0.4, -0.2) is 84.8 Å². The lowest BCUT2D eigenvalue weighted by molar-refractivity contribution is -0.135. The smallest absolute Gasteiger partial charge is 0.323 e. The van der Waals surface area contributed by atoms with Crippen LogP contribution in [0.1, 0.15) is 10.5 Å². The van der Waals surface area contributed by atoms with E-state index in [1.807, 2.05) is 19.0 Å². The van der Waals surface area contributed by atoms with Crippen molar-refractivity contribution in [1.82, 2.24) is 20.0 Å². The summed E-state index contributed by atoms with van der Waals surface area (Å²) in [6.45, 7) is 1.03. The SMILES string of the molecule is CN(C)CCN(CC(=O)O)c1ccc(C(=O)N(C)C)nn1. The molecule has 0 radical (unpaired) electrons. The molecule has 8 heteroatoms. The van der Waals surface area contributed by atoms with Crippen LogP contribution in [0.5, 0.6) is 0 Å². The van der Waals surface area contributed by atoms with Crippen molar-refractivity contribution in [3.8, 4) is 0 Å². The van der Waals surface area contributed by atoms with E-state index < -0.39 is 5.97 Å². The Morgan fingerprint density at radius 2 is 1.76 bits per heavy atom. The lowest BCUT2D eigenvalue weighted by atomic mass is 10.3. The van der Waals surface area contributed by atoms with Crippen LogP contribution in [0.3, 0.4) is 0 Å². The molecule has 0 saturated heterocycles. The van der Waals surface area contributed by atoms with Gasteiger partial charge >= 0.3 is 5.97 Å². The van der Waals surface area contributed by atoms with Crippen LogP contribution in [-0.2, 0) is 4.79 Å². The number of hydrogen-bond acceptors (Lipinski definition) is 6. The third kappa shape index (κ3) is 5.35. The van der Waals surface area contributed by atoms with E-state index in [9.17, 15) is 9.59 Å². The Morgan fingerprint density at radius 1 is 1.10 bits per heavy atom. The molecule has 0 aliphatic carbocycles. The van der Waals surface area contributed by atoms with Crippen molar-refractivity contribution in [3.05, 3.63) is 17.8 Å². The molecule has 116 valence electrons. The third-order valence-corrected chi connectivity index (χ3v) is 2.74. The standard InChI is InChI=1S/C13H21N5O3/c1-16(2)7-8-18(9-12(19)20)11-6-5-10(14-15-11)13(21)17(3)4/h5-6H,7-9H2,1-4H3,(H,19,20). The van der Waals surface area contributed by atoms with Gasteiger partial charge in [0.05, 0.1) is 0 Å². The first kappa shape index (κ1) is 16.8. The lowest BCUT2D eigenvalue weighted by Gasteiger charge is -2.23. The summed E-state index contributed by atoms with van der Waals surface area (Å²) in [5, 5.41) is 16.8. The van der Waals surface area contributed by atoms with E-state index in [4.69, 9.17) is 5.11 Å². The van der Waals surface area contributed by atoms with Crippen molar-refractivity contribution in [3.63, 3.8) is 0 Å². The van der Waals surface area contributed by atoms with E-state index in [1.165, 1.54) is 4.90 Å². The average Bonchev–Trinajstić information content (AvgIpc) is 2.42. The Hall–Kier alpha value is -2.22. The molecule has 21 heavy (non-hydrogen) atoms. The van der Waals surface area contributed by atoms with Crippen molar-refractivity contribution in [2.45, 2.75) is 0 Å². The quantitative estimate of drug-likeness (QED) is 0.734. The van der Waals surface area contributed by atoms with Crippen LogP contribution >= 0.6 is 0 Å². The Kier molecular flexibility index (Phi) is 6.04. The molecule has 0 unspecified atom stereocenters.